The van der Waals surface area contributed by atoms with Gasteiger partial charge in [0.2, 0.25) is 0 Å². The van der Waals surface area contributed by atoms with Gasteiger partial charge in [-0.2, -0.15) is 0 Å². The molecule has 2 aromatic carbocycles. The lowest BCUT2D eigenvalue weighted by atomic mass is 9.95. The Morgan fingerprint density at radius 2 is 1.78 bits per heavy atom. The third-order valence-electron chi connectivity index (χ3n) is 3.11. The van der Waals surface area contributed by atoms with E-state index in [1.165, 1.54) is 6.07 Å². The van der Waals surface area contributed by atoms with Gasteiger partial charge in [-0.05, 0) is 23.1 Å². The summed E-state index contributed by atoms with van der Waals surface area (Å²) in [6.45, 7) is 2.01. The Labute approximate surface area is 106 Å². The highest BCUT2D eigenvalue weighted by atomic mass is 19.1. The van der Waals surface area contributed by atoms with Crippen molar-refractivity contribution in [2.45, 2.75) is 19.3 Å². The summed E-state index contributed by atoms with van der Waals surface area (Å²) in [5, 5.41) is 0. The second-order valence-corrected chi connectivity index (χ2v) is 4.41. The van der Waals surface area contributed by atoms with Crippen molar-refractivity contribution >= 4 is 6.29 Å². The van der Waals surface area contributed by atoms with Gasteiger partial charge >= 0.3 is 0 Å². The molecule has 0 amide bonds. The van der Waals surface area contributed by atoms with E-state index < -0.39 is 0 Å². The number of benzene rings is 2. The summed E-state index contributed by atoms with van der Waals surface area (Å²) in [5.74, 6) is -0.0108. The molecule has 0 N–H and O–H groups in total. The second-order valence-electron chi connectivity index (χ2n) is 4.41. The van der Waals surface area contributed by atoms with E-state index in [9.17, 15) is 9.18 Å². The molecule has 1 nitrogen and oxygen atoms in total. The molecule has 0 aliphatic rings. The van der Waals surface area contributed by atoms with Crippen molar-refractivity contribution in [2.24, 2.45) is 0 Å². The van der Waals surface area contributed by atoms with Gasteiger partial charge < -0.3 is 4.79 Å². The Morgan fingerprint density at radius 1 is 1.11 bits per heavy atom. The van der Waals surface area contributed by atoms with Crippen LogP contribution in [0.1, 0.15) is 24.8 Å². The van der Waals surface area contributed by atoms with Crippen molar-refractivity contribution in [1.82, 2.24) is 0 Å². The molecule has 0 bridgehead atoms. The van der Waals surface area contributed by atoms with E-state index in [0.29, 0.717) is 12.0 Å². The average molecular weight is 242 g/mol. The van der Waals surface area contributed by atoms with Gasteiger partial charge in [0, 0.05) is 12.0 Å². The lowest BCUT2D eigenvalue weighted by Gasteiger charge is -2.09. The van der Waals surface area contributed by atoms with Crippen molar-refractivity contribution < 1.29 is 9.18 Å². The molecule has 0 fully saturated rings. The number of hydrogen-bond donors (Lipinski definition) is 0. The maximum Gasteiger partial charge on any atom is 0.131 e. The summed E-state index contributed by atoms with van der Waals surface area (Å²) in [6, 6.07) is 14.4. The van der Waals surface area contributed by atoms with Crippen molar-refractivity contribution in [3.05, 3.63) is 59.9 Å². The van der Waals surface area contributed by atoms with Crippen LogP contribution >= 0.6 is 0 Å². The van der Waals surface area contributed by atoms with Crippen LogP contribution in [0.15, 0.2) is 48.5 Å². The van der Waals surface area contributed by atoms with Gasteiger partial charge in [0.05, 0.1) is 0 Å². The molecule has 2 rings (SSSR count). The van der Waals surface area contributed by atoms with Crippen molar-refractivity contribution in [2.75, 3.05) is 0 Å². The average Bonchev–Trinajstić information content (AvgIpc) is 2.40. The standard InChI is InChI=1S/C16H15FO/c1-12(10-11-18)13-6-8-14(9-7-13)15-4-2-3-5-16(15)17/h2-9,11-12H,10H2,1H3. The minimum atomic E-state index is -0.216. The largest absolute Gasteiger partial charge is 0.303 e. The second kappa shape index (κ2) is 5.58. The first-order valence-corrected chi connectivity index (χ1v) is 6.01. The fraction of sp³-hybridized carbons (Fsp3) is 0.188. The maximum absolute atomic E-state index is 13.6. The number of carbonyl (C=O) groups is 1. The van der Waals surface area contributed by atoms with Gasteiger partial charge in [0.25, 0.3) is 0 Å². The van der Waals surface area contributed by atoms with Crippen molar-refractivity contribution in [3.63, 3.8) is 0 Å². The third kappa shape index (κ3) is 2.65. The predicted molar refractivity (Wildman–Crippen MR) is 70.9 cm³/mol. The van der Waals surface area contributed by atoms with Crippen LogP contribution in [-0.2, 0) is 4.79 Å². The summed E-state index contributed by atoms with van der Waals surface area (Å²) >= 11 is 0. The number of hydrogen-bond acceptors (Lipinski definition) is 1. The van der Waals surface area contributed by atoms with Crippen LogP contribution in [0, 0.1) is 5.82 Å². The Balaban J connectivity index is 2.28. The van der Waals surface area contributed by atoms with Crippen LogP contribution in [0.3, 0.4) is 0 Å². The van der Waals surface area contributed by atoms with Crippen molar-refractivity contribution in [3.8, 4) is 11.1 Å². The van der Waals surface area contributed by atoms with Gasteiger partial charge in [-0.25, -0.2) is 4.39 Å². The molecule has 0 heterocycles. The first kappa shape index (κ1) is 12.5. The lowest BCUT2D eigenvalue weighted by molar-refractivity contribution is -0.108. The Hall–Kier alpha value is -1.96. The Bertz CT molecular complexity index is 531. The van der Waals surface area contributed by atoms with Crippen LogP contribution in [-0.4, -0.2) is 6.29 Å². The zero-order chi connectivity index (χ0) is 13.0. The number of halogens is 1. The Kier molecular flexibility index (Phi) is 3.88. The first-order chi connectivity index (χ1) is 8.72. The third-order valence-corrected chi connectivity index (χ3v) is 3.11. The fourth-order valence-electron chi connectivity index (χ4n) is 1.97. The minimum absolute atomic E-state index is 0.206. The maximum atomic E-state index is 13.6. The molecule has 18 heavy (non-hydrogen) atoms. The zero-order valence-electron chi connectivity index (χ0n) is 10.3. The molecule has 0 saturated heterocycles. The lowest BCUT2D eigenvalue weighted by Crippen LogP contribution is -1.94. The van der Waals surface area contributed by atoms with Gasteiger partial charge in [-0.3, -0.25) is 0 Å². The number of rotatable bonds is 4. The van der Waals surface area contributed by atoms with E-state index in [2.05, 4.69) is 0 Å². The van der Waals surface area contributed by atoms with Crippen LogP contribution in [0.5, 0.6) is 0 Å². The molecule has 0 saturated carbocycles. The SMILES string of the molecule is CC(CC=O)c1ccc(-c2ccccc2F)cc1. The summed E-state index contributed by atoms with van der Waals surface area (Å²) in [4.78, 5) is 10.5. The quantitative estimate of drug-likeness (QED) is 0.735. The molecule has 92 valence electrons. The van der Waals surface area contributed by atoms with Gasteiger partial charge in [-0.1, -0.05) is 49.4 Å². The van der Waals surface area contributed by atoms with Crippen LogP contribution in [0.25, 0.3) is 11.1 Å². The van der Waals surface area contributed by atoms with E-state index in [1.807, 2.05) is 37.3 Å². The predicted octanol–water partition coefficient (Wildman–Crippen LogP) is 4.19. The monoisotopic (exact) mass is 242 g/mol. The first-order valence-electron chi connectivity index (χ1n) is 6.01. The fourth-order valence-corrected chi connectivity index (χ4v) is 1.97. The summed E-state index contributed by atoms with van der Waals surface area (Å²) in [7, 11) is 0. The highest BCUT2D eigenvalue weighted by Crippen LogP contribution is 2.25. The molecule has 2 aromatic rings. The van der Waals surface area contributed by atoms with Crippen LogP contribution in [0.4, 0.5) is 4.39 Å². The molecule has 0 spiro atoms. The number of aldehydes is 1. The molecular formula is C16H15FO. The highest BCUT2D eigenvalue weighted by molar-refractivity contribution is 5.64. The van der Waals surface area contributed by atoms with Gasteiger partial charge in [0.1, 0.15) is 12.1 Å². The van der Waals surface area contributed by atoms with E-state index in [1.54, 1.807) is 12.1 Å². The number of carbonyl (C=O) groups excluding carboxylic acids is 1. The molecule has 2 heteroatoms. The normalized spacial score (nSPS) is 12.1. The summed E-state index contributed by atoms with van der Waals surface area (Å²) in [6.07, 6.45) is 1.44. The van der Waals surface area contributed by atoms with E-state index in [4.69, 9.17) is 0 Å². The van der Waals surface area contributed by atoms with Crippen molar-refractivity contribution in [1.29, 1.82) is 0 Å². The van der Waals surface area contributed by atoms with Gasteiger partial charge in [-0.15, -0.1) is 0 Å². The Morgan fingerprint density at radius 3 is 2.39 bits per heavy atom. The smallest absolute Gasteiger partial charge is 0.131 e. The van der Waals surface area contributed by atoms with Crippen LogP contribution in [0.2, 0.25) is 0 Å². The molecular weight excluding hydrogens is 227 g/mol. The topological polar surface area (TPSA) is 17.1 Å². The zero-order valence-corrected chi connectivity index (χ0v) is 10.3. The summed E-state index contributed by atoms with van der Waals surface area (Å²) in [5.41, 5.74) is 2.56. The molecule has 1 unspecified atom stereocenters. The highest BCUT2D eigenvalue weighted by Gasteiger charge is 2.07. The van der Waals surface area contributed by atoms with Crippen LogP contribution < -0.4 is 0 Å². The van der Waals surface area contributed by atoms with E-state index in [-0.39, 0.29) is 11.7 Å². The molecule has 0 aromatic heterocycles. The van der Waals surface area contributed by atoms with E-state index >= 15 is 0 Å². The molecule has 1 atom stereocenters. The van der Waals surface area contributed by atoms with E-state index in [0.717, 1.165) is 17.4 Å². The summed E-state index contributed by atoms with van der Waals surface area (Å²) < 4.78 is 13.6. The molecule has 0 aliphatic heterocycles. The van der Waals surface area contributed by atoms with Gasteiger partial charge in [0.15, 0.2) is 0 Å². The minimum Gasteiger partial charge on any atom is -0.303 e. The molecule has 0 aliphatic carbocycles. The molecule has 0 radical (unpaired) electrons.